The Bertz CT molecular complexity index is 818. The highest BCUT2D eigenvalue weighted by atomic mass is 16.1. The molecule has 0 radical (unpaired) electrons. The molecule has 0 spiro atoms. The normalized spacial score (nSPS) is 13.7. The summed E-state index contributed by atoms with van der Waals surface area (Å²) in [6.45, 7) is 2.43. The van der Waals surface area contributed by atoms with Gasteiger partial charge in [0.25, 0.3) is 5.91 Å². The van der Waals surface area contributed by atoms with Crippen molar-refractivity contribution in [2.45, 2.75) is 19.5 Å². The van der Waals surface area contributed by atoms with Crippen LogP contribution >= 0.6 is 0 Å². The predicted molar refractivity (Wildman–Crippen MR) is 88.1 cm³/mol. The van der Waals surface area contributed by atoms with Crippen molar-refractivity contribution in [3.63, 3.8) is 0 Å². The maximum atomic E-state index is 12.2. The monoisotopic (exact) mass is 306 g/mol. The lowest BCUT2D eigenvalue weighted by Crippen LogP contribution is -2.32. The van der Waals surface area contributed by atoms with Gasteiger partial charge in [-0.05, 0) is 30.3 Å². The number of aromatic nitrogens is 3. The number of carbonyl (C=O) groups is 1. The lowest BCUT2D eigenvalue weighted by Gasteiger charge is -2.18. The Hall–Kier alpha value is -2.82. The molecule has 0 fully saturated rings. The molecule has 3 aromatic rings. The molecule has 23 heavy (non-hydrogen) atoms. The molecule has 1 aliphatic rings. The molecule has 0 unspecified atom stereocenters. The van der Waals surface area contributed by atoms with E-state index in [4.69, 9.17) is 0 Å². The second-order valence-electron chi connectivity index (χ2n) is 5.70. The summed E-state index contributed by atoms with van der Waals surface area (Å²) < 4.78 is 4.44. The smallest absolute Gasteiger partial charge is 0.253 e. The van der Waals surface area contributed by atoms with Crippen molar-refractivity contribution >= 4 is 5.91 Å². The summed E-state index contributed by atoms with van der Waals surface area (Å²) in [4.78, 5) is 16.3. The highest BCUT2D eigenvalue weighted by Crippen LogP contribution is 2.28. The molecule has 0 aromatic carbocycles. The Kier molecular flexibility index (Phi) is 3.46. The van der Waals surface area contributed by atoms with Crippen molar-refractivity contribution in [3.8, 4) is 11.3 Å². The summed E-state index contributed by atoms with van der Waals surface area (Å²) in [5.41, 5.74) is 4.11. The van der Waals surface area contributed by atoms with Gasteiger partial charge in [-0.15, -0.1) is 0 Å². The van der Waals surface area contributed by atoms with E-state index in [-0.39, 0.29) is 5.91 Å². The maximum Gasteiger partial charge on any atom is 0.253 e. The van der Waals surface area contributed by atoms with Gasteiger partial charge < -0.3 is 14.5 Å². The van der Waals surface area contributed by atoms with Crippen LogP contribution < -0.4 is 5.32 Å². The summed E-state index contributed by atoms with van der Waals surface area (Å²) in [6, 6.07) is 10.1. The van der Waals surface area contributed by atoms with E-state index in [1.54, 1.807) is 12.4 Å². The first-order valence-corrected chi connectivity index (χ1v) is 7.85. The molecule has 1 N–H and O–H groups in total. The van der Waals surface area contributed by atoms with Crippen LogP contribution in [0.2, 0.25) is 0 Å². The van der Waals surface area contributed by atoms with Crippen LogP contribution in [-0.4, -0.2) is 26.6 Å². The van der Waals surface area contributed by atoms with Crippen LogP contribution in [0.15, 0.2) is 55.1 Å². The van der Waals surface area contributed by atoms with Crippen LogP contribution in [0.5, 0.6) is 0 Å². The third kappa shape index (κ3) is 2.54. The van der Waals surface area contributed by atoms with E-state index in [2.05, 4.69) is 31.8 Å². The minimum Gasteiger partial charge on any atom is -0.352 e. The van der Waals surface area contributed by atoms with E-state index >= 15 is 0 Å². The van der Waals surface area contributed by atoms with Crippen LogP contribution in [0.4, 0.5) is 0 Å². The van der Waals surface area contributed by atoms with E-state index in [9.17, 15) is 4.79 Å². The fraction of sp³-hybridized carbons (Fsp3) is 0.222. The number of carbonyl (C=O) groups excluding carboxylic acids is 1. The highest BCUT2D eigenvalue weighted by Gasteiger charge is 2.24. The third-order valence-electron chi connectivity index (χ3n) is 4.32. The standard InChI is InChI=1S/C18H18N4O/c23-18-15-13-17(14-3-6-19-7-4-14)22(16(15)5-8-20-18)12-11-21-9-1-2-10-21/h1-4,6-7,9-10,13H,5,8,11-12H2,(H,20,23). The zero-order chi connectivity index (χ0) is 15.6. The van der Waals surface area contributed by atoms with Gasteiger partial charge in [-0.3, -0.25) is 9.78 Å². The average molecular weight is 306 g/mol. The van der Waals surface area contributed by atoms with Gasteiger partial charge in [0.1, 0.15) is 0 Å². The Morgan fingerprint density at radius 2 is 1.91 bits per heavy atom. The Labute approximate surface area is 134 Å². The number of nitrogens with one attached hydrogen (secondary N) is 1. The first-order valence-electron chi connectivity index (χ1n) is 7.85. The number of fused-ring (bicyclic) bond motifs is 1. The number of rotatable bonds is 4. The molecule has 5 nitrogen and oxygen atoms in total. The van der Waals surface area contributed by atoms with Crippen LogP contribution in [-0.2, 0) is 19.5 Å². The molecule has 0 atom stereocenters. The molecule has 1 amide bonds. The van der Waals surface area contributed by atoms with E-state index in [1.807, 2.05) is 30.3 Å². The van der Waals surface area contributed by atoms with Crippen molar-refractivity contribution in [2.24, 2.45) is 0 Å². The van der Waals surface area contributed by atoms with Crippen molar-refractivity contribution in [2.75, 3.05) is 6.54 Å². The third-order valence-corrected chi connectivity index (χ3v) is 4.32. The first-order chi connectivity index (χ1) is 11.3. The van der Waals surface area contributed by atoms with Gasteiger partial charge in [-0.25, -0.2) is 0 Å². The average Bonchev–Trinajstić information content (AvgIpc) is 3.22. The number of hydrogen-bond acceptors (Lipinski definition) is 2. The topological polar surface area (TPSA) is 51.9 Å². The second kappa shape index (κ2) is 5.76. The van der Waals surface area contributed by atoms with Crippen molar-refractivity contribution in [1.29, 1.82) is 0 Å². The van der Waals surface area contributed by atoms with Gasteiger partial charge in [0.15, 0.2) is 0 Å². The summed E-state index contributed by atoms with van der Waals surface area (Å²) >= 11 is 0. The Morgan fingerprint density at radius 3 is 2.70 bits per heavy atom. The van der Waals surface area contributed by atoms with Gasteiger partial charge in [0.2, 0.25) is 0 Å². The van der Waals surface area contributed by atoms with Crippen LogP contribution in [0.25, 0.3) is 11.3 Å². The van der Waals surface area contributed by atoms with Crippen molar-refractivity contribution in [1.82, 2.24) is 19.4 Å². The van der Waals surface area contributed by atoms with Crippen LogP contribution in [0.3, 0.4) is 0 Å². The molecule has 3 aromatic heterocycles. The molecule has 4 heterocycles. The van der Waals surface area contributed by atoms with Gasteiger partial charge in [-0.2, -0.15) is 0 Å². The molecule has 0 saturated carbocycles. The van der Waals surface area contributed by atoms with E-state index in [1.165, 1.54) is 0 Å². The minimum atomic E-state index is 0.0290. The SMILES string of the molecule is O=C1NCCc2c1cc(-c1ccncc1)n2CCn1cccc1. The van der Waals surface area contributed by atoms with Gasteiger partial charge >= 0.3 is 0 Å². The zero-order valence-electron chi connectivity index (χ0n) is 12.8. The van der Waals surface area contributed by atoms with Crippen molar-refractivity contribution in [3.05, 3.63) is 66.4 Å². The van der Waals surface area contributed by atoms with Gasteiger partial charge in [-0.1, -0.05) is 0 Å². The number of nitrogens with zero attached hydrogens (tertiary/aromatic N) is 3. The number of hydrogen-bond donors (Lipinski definition) is 1. The van der Waals surface area contributed by atoms with E-state index in [0.717, 1.165) is 42.0 Å². The molecular weight excluding hydrogens is 288 g/mol. The zero-order valence-corrected chi connectivity index (χ0v) is 12.8. The molecule has 0 saturated heterocycles. The molecule has 1 aliphatic heterocycles. The fourth-order valence-corrected chi connectivity index (χ4v) is 3.20. The largest absolute Gasteiger partial charge is 0.352 e. The molecule has 0 aliphatic carbocycles. The maximum absolute atomic E-state index is 12.2. The number of amides is 1. The van der Waals surface area contributed by atoms with Crippen LogP contribution in [0.1, 0.15) is 16.1 Å². The number of pyridine rings is 1. The summed E-state index contributed by atoms with van der Waals surface area (Å²) in [7, 11) is 0. The predicted octanol–water partition coefficient (Wildman–Crippen LogP) is 2.34. The van der Waals surface area contributed by atoms with E-state index < -0.39 is 0 Å². The molecular formula is C18H18N4O. The lowest BCUT2D eigenvalue weighted by atomic mass is 10.1. The Morgan fingerprint density at radius 1 is 1.13 bits per heavy atom. The summed E-state index contributed by atoms with van der Waals surface area (Å²) in [6.07, 6.45) is 8.58. The Balaban J connectivity index is 1.76. The first kappa shape index (κ1) is 13.8. The number of aryl methyl sites for hydroxylation is 1. The van der Waals surface area contributed by atoms with Crippen LogP contribution in [0, 0.1) is 0 Å². The quantitative estimate of drug-likeness (QED) is 0.804. The molecule has 0 bridgehead atoms. The highest BCUT2D eigenvalue weighted by molar-refractivity contribution is 5.98. The van der Waals surface area contributed by atoms with Gasteiger partial charge in [0.05, 0.1) is 5.56 Å². The molecule has 4 rings (SSSR count). The van der Waals surface area contributed by atoms with Gasteiger partial charge in [0, 0.05) is 67.8 Å². The summed E-state index contributed by atoms with van der Waals surface area (Å²) in [5.74, 6) is 0.0290. The fourth-order valence-electron chi connectivity index (χ4n) is 3.20. The lowest BCUT2D eigenvalue weighted by molar-refractivity contribution is 0.0945. The summed E-state index contributed by atoms with van der Waals surface area (Å²) in [5, 5.41) is 2.93. The minimum absolute atomic E-state index is 0.0290. The second-order valence-corrected chi connectivity index (χ2v) is 5.70. The van der Waals surface area contributed by atoms with Crippen molar-refractivity contribution < 1.29 is 4.79 Å². The van der Waals surface area contributed by atoms with E-state index in [0.29, 0.717) is 6.54 Å². The molecule has 116 valence electrons. The molecule has 5 heteroatoms.